The van der Waals surface area contributed by atoms with Crippen LogP contribution in [0.3, 0.4) is 0 Å². The number of cyclic esters (lactones) is 2. The molecule has 0 aliphatic carbocycles. The zero-order valence-electron chi connectivity index (χ0n) is 15.8. The SMILES string of the molecule is Cc1c(C)[n+]([O-])c(C(c2cccc(O)c2)C2C(=O)OC(C)(C)OC2=O)n1C. The molecular weight excluding hydrogens is 352 g/mol. The summed E-state index contributed by atoms with van der Waals surface area (Å²) in [7, 11) is 1.69. The fourth-order valence-corrected chi connectivity index (χ4v) is 3.41. The van der Waals surface area contributed by atoms with E-state index in [-0.39, 0.29) is 11.6 Å². The summed E-state index contributed by atoms with van der Waals surface area (Å²) in [6.07, 6.45) is 0. The molecule has 1 aliphatic heterocycles. The highest BCUT2D eigenvalue weighted by molar-refractivity contribution is 5.98. The Bertz CT molecular complexity index is 885. The summed E-state index contributed by atoms with van der Waals surface area (Å²) < 4.78 is 12.9. The number of carbonyl (C=O) groups excluding carboxylic acids is 2. The molecule has 1 N–H and O–H groups in total. The van der Waals surface area contributed by atoms with Crippen LogP contribution in [0.4, 0.5) is 0 Å². The van der Waals surface area contributed by atoms with Gasteiger partial charge in [-0.05, 0) is 17.7 Å². The van der Waals surface area contributed by atoms with Crippen LogP contribution in [0.15, 0.2) is 24.3 Å². The van der Waals surface area contributed by atoms with Gasteiger partial charge in [-0.2, -0.15) is 0 Å². The number of phenols is 1. The number of rotatable bonds is 3. The summed E-state index contributed by atoms with van der Waals surface area (Å²) in [5.41, 5.74) is 1.58. The molecule has 1 atom stereocenters. The Kier molecular flexibility index (Phi) is 4.37. The van der Waals surface area contributed by atoms with Gasteiger partial charge in [0.15, 0.2) is 5.92 Å². The zero-order valence-corrected chi connectivity index (χ0v) is 15.8. The number of aromatic nitrogens is 2. The van der Waals surface area contributed by atoms with Crippen LogP contribution in [0, 0.1) is 25.0 Å². The summed E-state index contributed by atoms with van der Waals surface area (Å²) in [6.45, 7) is 6.36. The Morgan fingerprint density at radius 1 is 1.22 bits per heavy atom. The fourth-order valence-electron chi connectivity index (χ4n) is 3.41. The number of nitrogens with zero attached hydrogens (tertiary/aromatic N) is 2. The lowest BCUT2D eigenvalue weighted by atomic mass is 9.84. The first-order valence-electron chi connectivity index (χ1n) is 8.53. The van der Waals surface area contributed by atoms with E-state index in [9.17, 15) is 19.9 Å². The molecule has 1 aliphatic rings. The first-order valence-corrected chi connectivity index (χ1v) is 8.53. The maximum Gasteiger partial charge on any atom is 0.324 e. The lowest BCUT2D eigenvalue weighted by Gasteiger charge is -2.35. The second-order valence-corrected chi connectivity index (χ2v) is 7.17. The van der Waals surface area contributed by atoms with E-state index in [2.05, 4.69) is 0 Å². The second-order valence-electron chi connectivity index (χ2n) is 7.17. The van der Waals surface area contributed by atoms with Gasteiger partial charge in [-0.15, -0.1) is 0 Å². The van der Waals surface area contributed by atoms with Crippen molar-refractivity contribution in [2.24, 2.45) is 13.0 Å². The minimum Gasteiger partial charge on any atom is -0.711 e. The molecule has 1 saturated heterocycles. The van der Waals surface area contributed by atoms with E-state index >= 15 is 0 Å². The molecule has 3 rings (SSSR count). The van der Waals surface area contributed by atoms with Crippen LogP contribution < -0.4 is 4.73 Å². The molecule has 27 heavy (non-hydrogen) atoms. The first-order chi connectivity index (χ1) is 12.5. The van der Waals surface area contributed by atoms with E-state index in [1.807, 2.05) is 0 Å². The van der Waals surface area contributed by atoms with E-state index < -0.39 is 29.6 Å². The van der Waals surface area contributed by atoms with E-state index in [1.54, 1.807) is 37.6 Å². The third kappa shape index (κ3) is 3.11. The molecule has 1 unspecified atom stereocenters. The lowest BCUT2D eigenvalue weighted by Crippen LogP contribution is -2.50. The van der Waals surface area contributed by atoms with Gasteiger partial charge in [-0.3, -0.25) is 9.59 Å². The van der Waals surface area contributed by atoms with Crippen molar-refractivity contribution in [1.82, 2.24) is 4.57 Å². The Labute approximate surface area is 156 Å². The number of benzene rings is 1. The summed E-state index contributed by atoms with van der Waals surface area (Å²) in [6, 6.07) is 6.11. The second kappa shape index (κ2) is 6.29. The van der Waals surface area contributed by atoms with Crippen LogP contribution in [0.2, 0.25) is 0 Å². The van der Waals surface area contributed by atoms with Crippen molar-refractivity contribution < 1.29 is 28.9 Å². The molecule has 0 spiro atoms. The molecule has 1 aromatic heterocycles. The highest BCUT2D eigenvalue weighted by Crippen LogP contribution is 2.38. The molecule has 144 valence electrons. The maximum atomic E-state index is 12.8. The number of imidazole rings is 1. The van der Waals surface area contributed by atoms with Crippen LogP contribution in [-0.2, 0) is 26.1 Å². The molecule has 1 fully saturated rings. The van der Waals surface area contributed by atoms with E-state index in [4.69, 9.17) is 9.47 Å². The Balaban J connectivity index is 2.23. The van der Waals surface area contributed by atoms with Crippen molar-refractivity contribution in [2.75, 3.05) is 0 Å². The van der Waals surface area contributed by atoms with Gasteiger partial charge in [-0.25, -0.2) is 9.30 Å². The third-order valence-electron chi connectivity index (χ3n) is 4.92. The largest absolute Gasteiger partial charge is 0.711 e. The van der Waals surface area contributed by atoms with Crippen LogP contribution in [-0.4, -0.2) is 27.4 Å². The summed E-state index contributed by atoms with van der Waals surface area (Å²) in [4.78, 5) is 25.4. The van der Waals surface area contributed by atoms with Crippen LogP contribution >= 0.6 is 0 Å². The fraction of sp³-hybridized carbons (Fsp3) is 0.421. The molecule has 0 bridgehead atoms. The van der Waals surface area contributed by atoms with Crippen molar-refractivity contribution in [3.63, 3.8) is 0 Å². The molecule has 1 aromatic carbocycles. The van der Waals surface area contributed by atoms with Crippen molar-refractivity contribution in [2.45, 2.75) is 39.4 Å². The van der Waals surface area contributed by atoms with Gasteiger partial charge >= 0.3 is 11.9 Å². The number of aromatic hydroxyl groups is 1. The minimum absolute atomic E-state index is 0.0459. The van der Waals surface area contributed by atoms with Gasteiger partial charge in [0.2, 0.25) is 0 Å². The van der Waals surface area contributed by atoms with Crippen LogP contribution in [0.25, 0.3) is 0 Å². The third-order valence-corrected chi connectivity index (χ3v) is 4.92. The Morgan fingerprint density at radius 3 is 2.30 bits per heavy atom. The van der Waals surface area contributed by atoms with Gasteiger partial charge in [0.05, 0.1) is 7.05 Å². The van der Waals surface area contributed by atoms with Crippen molar-refractivity contribution in [3.8, 4) is 5.75 Å². The van der Waals surface area contributed by atoms with E-state index in [0.29, 0.717) is 21.7 Å². The minimum atomic E-state index is -1.37. The predicted molar refractivity (Wildman–Crippen MR) is 93.5 cm³/mol. The maximum absolute atomic E-state index is 12.8. The molecule has 8 nitrogen and oxygen atoms in total. The standard InChI is InChI=1S/C19H22N2O6/c1-10-11(2)21(25)16(20(10)5)14(12-7-6-8-13(22)9-12)15-17(23)26-19(3,4)27-18(15)24/h6-9,14-15,22H,1-5H3. The topological polar surface area (TPSA) is 105 Å². The number of carbonyl (C=O) groups is 2. The lowest BCUT2D eigenvalue weighted by molar-refractivity contribution is -0.621. The normalized spacial score (nSPS) is 18.1. The molecule has 0 saturated carbocycles. The predicted octanol–water partition coefficient (Wildman–Crippen LogP) is 1.57. The molecule has 0 radical (unpaired) electrons. The average Bonchev–Trinajstić information content (AvgIpc) is 2.74. The summed E-state index contributed by atoms with van der Waals surface area (Å²) in [5, 5.41) is 22.7. The monoisotopic (exact) mass is 374 g/mol. The van der Waals surface area contributed by atoms with Crippen molar-refractivity contribution in [3.05, 3.63) is 52.2 Å². The quantitative estimate of drug-likeness (QED) is 0.378. The number of phenolic OH excluding ortho intramolecular Hbond substituents is 1. The van der Waals surface area contributed by atoms with Crippen molar-refractivity contribution in [1.29, 1.82) is 0 Å². The van der Waals surface area contributed by atoms with Gasteiger partial charge in [0.25, 0.3) is 11.6 Å². The summed E-state index contributed by atoms with van der Waals surface area (Å²) >= 11 is 0. The zero-order chi connectivity index (χ0) is 20.1. The van der Waals surface area contributed by atoms with E-state index in [0.717, 1.165) is 0 Å². The smallest absolute Gasteiger partial charge is 0.324 e. The van der Waals surface area contributed by atoms with Crippen molar-refractivity contribution >= 4 is 11.9 Å². The molecule has 2 aromatic rings. The molecule has 2 heterocycles. The molecule has 8 heteroatoms. The van der Waals surface area contributed by atoms with E-state index in [1.165, 1.54) is 26.0 Å². The number of ether oxygens (including phenoxy) is 2. The molecular formula is C19H22N2O6. The molecule has 0 amide bonds. The summed E-state index contributed by atoms with van der Waals surface area (Å²) in [5.74, 6) is -5.14. The first kappa shape index (κ1) is 18.8. The number of esters is 2. The van der Waals surface area contributed by atoms with Gasteiger partial charge < -0.3 is 19.8 Å². The highest BCUT2D eigenvalue weighted by Gasteiger charge is 2.51. The van der Waals surface area contributed by atoms with Gasteiger partial charge in [0.1, 0.15) is 23.1 Å². The Morgan fingerprint density at radius 2 is 1.81 bits per heavy atom. The van der Waals surface area contributed by atoms with Gasteiger partial charge in [-0.1, -0.05) is 12.1 Å². The average molecular weight is 374 g/mol. The van der Waals surface area contributed by atoms with Crippen LogP contribution in [0.5, 0.6) is 5.75 Å². The number of hydrogen-bond donors (Lipinski definition) is 1. The highest BCUT2D eigenvalue weighted by atomic mass is 16.7. The Hall–Kier alpha value is -3.03. The van der Waals surface area contributed by atoms with Crippen LogP contribution in [0.1, 0.15) is 42.5 Å². The number of hydrogen-bond acceptors (Lipinski definition) is 6. The van der Waals surface area contributed by atoms with Gasteiger partial charge in [0, 0.05) is 27.7 Å².